The molecule has 0 bridgehead atoms. The molecular weight excluding hydrogens is 730 g/mol. The number of benzene rings is 5. The van der Waals surface area contributed by atoms with Gasteiger partial charge in [-0.3, -0.25) is 4.98 Å². The van der Waals surface area contributed by atoms with Crippen LogP contribution in [0.5, 0.6) is 5.75 Å². The van der Waals surface area contributed by atoms with Crippen molar-refractivity contribution >= 4 is 11.6 Å². The maximum atomic E-state index is 7.30. The average Bonchev–Trinajstić information content (AvgIpc) is 4.13. The quantitative estimate of drug-likeness (QED) is 0.0810. The molecule has 0 radical (unpaired) electrons. The summed E-state index contributed by atoms with van der Waals surface area (Å²) in [6, 6.07) is 51.7. The van der Waals surface area contributed by atoms with Gasteiger partial charge in [-0.15, -0.1) is 11.6 Å². The van der Waals surface area contributed by atoms with Crippen LogP contribution in [-0.4, -0.2) is 36.0 Å². The number of hydrogen-bond acceptors (Lipinski definition) is 6. The predicted octanol–water partition coefficient (Wildman–Crippen LogP) is 11.0. The first-order valence-electron chi connectivity index (χ1n) is 20.1. The van der Waals surface area contributed by atoms with Crippen LogP contribution in [0.3, 0.4) is 0 Å². The summed E-state index contributed by atoms with van der Waals surface area (Å²) >= 11 is 7.30. The normalized spacial score (nSPS) is 21.2. The van der Waals surface area contributed by atoms with E-state index in [0.29, 0.717) is 51.1 Å². The largest absolute Gasteiger partial charge is 0.486 e. The van der Waals surface area contributed by atoms with Crippen molar-refractivity contribution in [3.63, 3.8) is 0 Å². The van der Waals surface area contributed by atoms with Crippen LogP contribution in [-0.2, 0) is 45.4 Å². The number of halogens is 1. The number of aromatic nitrogens is 1. The van der Waals surface area contributed by atoms with Crippen molar-refractivity contribution in [2.24, 2.45) is 5.92 Å². The van der Waals surface area contributed by atoms with E-state index in [4.69, 9.17) is 35.3 Å². The molecule has 2 aliphatic carbocycles. The molecule has 6 aromatic rings. The second-order valence-corrected chi connectivity index (χ2v) is 15.6. The Morgan fingerprint density at radius 3 is 1.61 bits per heavy atom. The molecule has 7 heteroatoms. The minimum atomic E-state index is -0.514. The van der Waals surface area contributed by atoms with E-state index in [-0.39, 0.29) is 12.0 Å². The third-order valence-corrected chi connectivity index (χ3v) is 11.4. The van der Waals surface area contributed by atoms with Crippen molar-refractivity contribution in [1.82, 2.24) is 4.98 Å². The first-order valence-corrected chi connectivity index (χ1v) is 20.5. The molecule has 0 N–H and O–H groups in total. The van der Waals surface area contributed by atoms with Crippen molar-refractivity contribution in [3.8, 4) is 5.75 Å². The summed E-state index contributed by atoms with van der Waals surface area (Å²) in [5, 5.41) is -0.430. The number of nitrogens with zero attached hydrogens (tertiary/aromatic N) is 1. The van der Waals surface area contributed by atoms with Crippen LogP contribution >= 0.6 is 11.6 Å². The van der Waals surface area contributed by atoms with Gasteiger partial charge in [0.2, 0.25) is 0 Å². The zero-order valence-electron chi connectivity index (χ0n) is 32.2. The van der Waals surface area contributed by atoms with E-state index in [9.17, 15) is 0 Å². The minimum absolute atomic E-state index is 0.0957. The van der Waals surface area contributed by atoms with Gasteiger partial charge in [-0.1, -0.05) is 146 Å². The van der Waals surface area contributed by atoms with Crippen LogP contribution in [0.1, 0.15) is 69.5 Å². The van der Waals surface area contributed by atoms with Crippen molar-refractivity contribution in [1.29, 1.82) is 0 Å². The molecule has 5 aromatic carbocycles. The lowest BCUT2D eigenvalue weighted by Crippen LogP contribution is -2.59. The summed E-state index contributed by atoms with van der Waals surface area (Å²) in [4.78, 5) is 4.52. The van der Waals surface area contributed by atoms with Crippen LogP contribution in [0.2, 0.25) is 0 Å². The lowest BCUT2D eigenvalue weighted by atomic mass is 9.80. The monoisotopic (exact) mass is 779 g/mol. The molecule has 6 nitrogen and oxygen atoms in total. The molecule has 0 amide bonds. The summed E-state index contributed by atoms with van der Waals surface area (Å²) < 4.78 is 34.5. The van der Waals surface area contributed by atoms with Gasteiger partial charge >= 0.3 is 0 Å². The lowest BCUT2D eigenvalue weighted by Gasteiger charge is -2.46. The van der Waals surface area contributed by atoms with E-state index in [1.54, 1.807) is 12.4 Å². The summed E-state index contributed by atoms with van der Waals surface area (Å²) in [5.74, 6) is 1.20. The van der Waals surface area contributed by atoms with E-state index in [0.717, 1.165) is 33.4 Å². The highest BCUT2D eigenvalue weighted by Crippen LogP contribution is 2.42. The van der Waals surface area contributed by atoms with Gasteiger partial charge in [0, 0.05) is 17.7 Å². The van der Waals surface area contributed by atoms with Crippen molar-refractivity contribution in [2.45, 2.75) is 81.4 Å². The molecule has 292 valence electrons. The van der Waals surface area contributed by atoms with Gasteiger partial charge < -0.3 is 23.7 Å². The summed E-state index contributed by atoms with van der Waals surface area (Å²) in [6.07, 6.45) is 4.82. The molecule has 2 fully saturated rings. The van der Waals surface area contributed by atoms with Crippen LogP contribution in [0.4, 0.5) is 0 Å². The Morgan fingerprint density at radius 2 is 1.07 bits per heavy atom. The Kier molecular flexibility index (Phi) is 13.4. The lowest BCUT2D eigenvalue weighted by molar-refractivity contribution is -0.220. The Labute approximate surface area is 341 Å². The molecule has 1 heterocycles. The molecule has 6 atom stereocenters. The second-order valence-electron chi connectivity index (χ2n) is 15.2. The first kappa shape index (κ1) is 39.0. The summed E-state index contributed by atoms with van der Waals surface area (Å²) in [7, 11) is 0. The standard InChI is InChI=1S/C50H50ClNO5/c51-47(42-25-23-41(24-26-42)40-21-22-40)44-27-28-52-30-46(44)57-45-29-43(35-53-31-36-13-5-1-6-14-36)48(54-32-37-15-7-2-8-16-37)50(56-34-39-19-11-4-12-20-39)49(45)55-33-38-17-9-3-10-18-38/h1-20,23-28,30,40,43,45,47-50H,21-22,29,31-35H2/t43-,45-,47?,48-,49+,50+/m1/s1. The average molecular weight is 780 g/mol. The SMILES string of the molecule is ClC(c1ccc(C2CC2)cc1)c1ccncc1O[C@@H]1C[C@H](COCc2ccccc2)[C@@H](OCc2ccccc2)[C@H](OCc2ccccc2)[C@H]1OCc1ccccc1. The van der Waals surface area contributed by atoms with E-state index >= 15 is 0 Å². The molecule has 57 heavy (non-hydrogen) atoms. The fourth-order valence-electron chi connectivity index (χ4n) is 7.73. The summed E-state index contributed by atoms with van der Waals surface area (Å²) in [5.41, 5.74) is 7.57. The Morgan fingerprint density at radius 1 is 0.561 bits per heavy atom. The molecule has 8 rings (SSSR count). The minimum Gasteiger partial charge on any atom is -0.486 e. The van der Waals surface area contributed by atoms with Crippen LogP contribution in [0.15, 0.2) is 164 Å². The molecule has 0 saturated heterocycles. The highest BCUT2D eigenvalue weighted by Gasteiger charge is 2.49. The molecule has 1 unspecified atom stereocenters. The fraction of sp³-hybridized carbons (Fsp3) is 0.300. The van der Waals surface area contributed by atoms with Gasteiger partial charge in [0.15, 0.2) is 0 Å². The number of rotatable bonds is 18. The van der Waals surface area contributed by atoms with Gasteiger partial charge in [-0.25, -0.2) is 0 Å². The zero-order chi connectivity index (χ0) is 38.7. The third kappa shape index (κ3) is 10.6. The first-order chi connectivity index (χ1) is 28.2. The Balaban J connectivity index is 1.13. The molecule has 0 aliphatic heterocycles. The zero-order valence-corrected chi connectivity index (χ0v) is 32.9. The Hall–Kier alpha value is -4.82. The van der Waals surface area contributed by atoms with Gasteiger partial charge in [0.05, 0.1) is 50.7 Å². The number of ether oxygens (including phenoxy) is 5. The molecule has 2 saturated carbocycles. The third-order valence-electron chi connectivity index (χ3n) is 11.0. The van der Waals surface area contributed by atoms with Gasteiger partial charge in [-0.05, 0) is 64.6 Å². The maximum absolute atomic E-state index is 7.30. The predicted molar refractivity (Wildman–Crippen MR) is 224 cm³/mol. The van der Waals surface area contributed by atoms with Crippen LogP contribution in [0, 0.1) is 5.92 Å². The molecule has 2 aliphatic rings. The molecular formula is C50H50ClNO5. The highest BCUT2D eigenvalue weighted by atomic mass is 35.5. The van der Waals surface area contributed by atoms with E-state index < -0.39 is 23.7 Å². The highest BCUT2D eigenvalue weighted by molar-refractivity contribution is 6.22. The smallest absolute Gasteiger partial charge is 0.143 e. The molecule has 1 aromatic heterocycles. The fourth-order valence-corrected chi connectivity index (χ4v) is 8.06. The van der Waals surface area contributed by atoms with Crippen LogP contribution < -0.4 is 4.74 Å². The maximum Gasteiger partial charge on any atom is 0.143 e. The van der Waals surface area contributed by atoms with E-state index in [1.807, 2.05) is 78.9 Å². The van der Waals surface area contributed by atoms with Crippen molar-refractivity contribution in [2.75, 3.05) is 6.61 Å². The van der Waals surface area contributed by atoms with Crippen LogP contribution in [0.25, 0.3) is 0 Å². The van der Waals surface area contributed by atoms with E-state index in [1.165, 1.54) is 18.4 Å². The number of hydrogen-bond donors (Lipinski definition) is 0. The van der Waals surface area contributed by atoms with E-state index in [2.05, 4.69) is 77.8 Å². The second kappa shape index (κ2) is 19.6. The number of alkyl halides is 1. The van der Waals surface area contributed by atoms with Gasteiger partial charge in [0.25, 0.3) is 0 Å². The number of pyridine rings is 1. The van der Waals surface area contributed by atoms with Crippen molar-refractivity contribution < 1.29 is 23.7 Å². The topological polar surface area (TPSA) is 59.0 Å². The Bertz CT molecular complexity index is 2080. The summed E-state index contributed by atoms with van der Waals surface area (Å²) in [6.45, 7) is 2.10. The van der Waals surface area contributed by atoms with Crippen molar-refractivity contribution in [3.05, 3.63) is 203 Å². The molecule has 0 spiro atoms. The van der Waals surface area contributed by atoms with Gasteiger partial charge in [0.1, 0.15) is 24.1 Å². The van der Waals surface area contributed by atoms with Gasteiger partial charge in [-0.2, -0.15) is 0 Å².